The van der Waals surface area contributed by atoms with Crippen LogP contribution >= 0.6 is 0 Å². The molecule has 3 rings (SSSR count). The van der Waals surface area contributed by atoms with Gasteiger partial charge in [-0.05, 0) is 42.6 Å². The van der Waals surface area contributed by atoms with Gasteiger partial charge in [0.15, 0.2) is 0 Å². The normalized spacial score (nSPS) is 19.2. The monoisotopic (exact) mass is 246 g/mol. The van der Waals surface area contributed by atoms with Crippen molar-refractivity contribution in [2.75, 3.05) is 13.1 Å². The molecule has 4 nitrogen and oxygen atoms in total. The molecule has 0 radical (unpaired) electrons. The maximum atomic E-state index is 11.0. The molecule has 0 spiro atoms. The number of carbonyl (C=O) groups is 1. The molecule has 1 N–H and O–H groups in total. The van der Waals surface area contributed by atoms with Crippen LogP contribution in [0.25, 0.3) is 0 Å². The Morgan fingerprint density at radius 3 is 2.61 bits per heavy atom. The lowest BCUT2D eigenvalue weighted by Crippen LogP contribution is -2.22. The number of carboxylic acid groups (broad SMARTS) is 1. The lowest BCUT2D eigenvalue weighted by atomic mass is 10.1. The van der Waals surface area contributed by atoms with Crippen LogP contribution in [0.4, 0.5) is 4.79 Å². The molecule has 0 aliphatic carbocycles. The Morgan fingerprint density at radius 2 is 1.89 bits per heavy atom. The van der Waals surface area contributed by atoms with Gasteiger partial charge in [0.2, 0.25) is 0 Å². The van der Waals surface area contributed by atoms with Gasteiger partial charge in [-0.25, -0.2) is 4.79 Å². The van der Waals surface area contributed by atoms with E-state index in [1.807, 2.05) is 0 Å². The van der Waals surface area contributed by atoms with E-state index >= 15 is 0 Å². The van der Waals surface area contributed by atoms with Gasteiger partial charge in [0.25, 0.3) is 0 Å². The van der Waals surface area contributed by atoms with Gasteiger partial charge in [0, 0.05) is 19.6 Å². The van der Waals surface area contributed by atoms with Crippen LogP contribution < -0.4 is 0 Å². The van der Waals surface area contributed by atoms with Crippen molar-refractivity contribution in [1.82, 2.24) is 9.80 Å². The highest BCUT2D eigenvalue weighted by atomic mass is 16.4. The van der Waals surface area contributed by atoms with Crippen LogP contribution in [0, 0.1) is 0 Å². The van der Waals surface area contributed by atoms with Crippen LogP contribution in [0.3, 0.4) is 0 Å². The molecule has 0 aromatic heterocycles. The van der Waals surface area contributed by atoms with Crippen LogP contribution in [0.15, 0.2) is 18.2 Å². The first-order chi connectivity index (χ1) is 8.72. The molecular weight excluding hydrogens is 228 g/mol. The van der Waals surface area contributed by atoms with Crippen molar-refractivity contribution >= 4 is 6.09 Å². The van der Waals surface area contributed by atoms with Gasteiger partial charge in [-0.3, -0.25) is 9.80 Å². The molecule has 1 aromatic carbocycles. The van der Waals surface area contributed by atoms with Gasteiger partial charge in [0.05, 0.1) is 0 Å². The minimum absolute atomic E-state index is 0.536. The fourth-order valence-corrected chi connectivity index (χ4v) is 2.88. The molecule has 0 atom stereocenters. The first-order valence-corrected chi connectivity index (χ1v) is 6.53. The zero-order valence-electron chi connectivity index (χ0n) is 10.4. The van der Waals surface area contributed by atoms with Gasteiger partial charge in [-0.15, -0.1) is 0 Å². The van der Waals surface area contributed by atoms with E-state index in [-0.39, 0.29) is 0 Å². The molecule has 0 bridgehead atoms. The Morgan fingerprint density at radius 1 is 1.17 bits per heavy atom. The predicted molar refractivity (Wildman–Crippen MR) is 68.2 cm³/mol. The SMILES string of the molecule is O=C(O)N1Cc2ccc(CN3CCCC3)cc2C1. The van der Waals surface area contributed by atoms with Gasteiger partial charge < -0.3 is 5.11 Å². The fraction of sp³-hybridized carbons (Fsp3) is 0.500. The predicted octanol–water partition coefficient (Wildman–Crippen LogP) is 2.28. The maximum absolute atomic E-state index is 11.0. The molecule has 4 heteroatoms. The Labute approximate surface area is 107 Å². The number of fused-ring (bicyclic) bond motifs is 1. The summed E-state index contributed by atoms with van der Waals surface area (Å²) in [5.74, 6) is 0. The van der Waals surface area contributed by atoms with Gasteiger partial charge in [0.1, 0.15) is 0 Å². The number of likely N-dealkylation sites (tertiary alicyclic amines) is 1. The van der Waals surface area contributed by atoms with Crippen molar-refractivity contribution in [1.29, 1.82) is 0 Å². The molecule has 1 fully saturated rings. The molecular formula is C14H18N2O2. The Hall–Kier alpha value is -1.55. The van der Waals surface area contributed by atoms with Crippen LogP contribution in [0.5, 0.6) is 0 Å². The van der Waals surface area contributed by atoms with Gasteiger partial charge >= 0.3 is 6.09 Å². The summed E-state index contributed by atoms with van der Waals surface area (Å²) >= 11 is 0. The van der Waals surface area contributed by atoms with E-state index in [1.54, 1.807) is 0 Å². The Kier molecular flexibility index (Phi) is 2.96. The highest BCUT2D eigenvalue weighted by Crippen LogP contribution is 2.24. The third-order valence-corrected chi connectivity index (χ3v) is 3.87. The third-order valence-electron chi connectivity index (χ3n) is 3.87. The molecule has 1 aromatic rings. The summed E-state index contributed by atoms with van der Waals surface area (Å²) in [4.78, 5) is 14.9. The first kappa shape index (κ1) is 11.5. The van der Waals surface area contributed by atoms with E-state index in [9.17, 15) is 4.79 Å². The fourth-order valence-electron chi connectivity index (χ4n) is 2.88. The molecule has 18 heavy (non-hydrogen) atoms. The zero-order valence-corrected chi connectivity index (χ0v) is 10.4. The summed E-state index contributed by atoms with van der Waals surface area (Å²) < 4.78 is 0. The summed E-state index contributed by atoms with van der Waals surface area (Å²) in [5, 5.41) is 9.00. The summed E-state index contributed by atoms with van der Waals surface area (Å²) in [5.41, 5.74) is 3.64. The summed E-state index contributed by atoms with van der Waals surface area (Å²) in [6.07, 6.45) is 1.78. The van der Waals surface area contributed by atoms with Crippen molar-refractivity contribution in [3.63, 3.8) is 0 Å². The van der Waals surface area contributed by atoms with E-state index in [0.29, 0.717) is 13.1 Å². The van der Waals surface area contributed by atoms with E-state index in [0.717, 1.165) is 12.1 Å². The van der Waals surface area contributed by atoms with Crippen LogP contribution in [0.2, 0.25) is 0 Å². The standard InChI is InChI=1S/C14H18N2O2/c17-14(18)16-9-12-4-3-11(7-13(12)10-16)8-15-5-1-2-6-15/h3-4,7H,1-2,5-6,8-10H2,(H,17,18). The Bertz CT molecular complexity index is 467. The van der Waals surface area contributed by atoms with Crippen LogP contribution in [-0.4, -0.2) is 34.1 Å². The average molecular weight is 246 g/mol. The Balaban J connectivity index is 1.72. The van der Waals surface area contributed by atoms with Gasteiger partial charge in [-0.2, -0.15) is 0 Å². The molecule has 2 aliphatic rings. The second kappa shape index (κ2) is 4.61. The van der Waals surface area contributed by atoms with Gasteiger partial charge in [-0.1, -0.05) is 18.2 Å². The molecule has 1 amide bonds. The number of rotatable bonds is 2. The number of amides is 1. The third kappa shape index (κ3) is 2.20. The maximum Gasteiger partial charge on any atom is 0.407 e. The van der Waals surface area contributed by atoms with Crippen molar-refractivity contribution in [2.24, 2.45) is 0 Å². The van der Waals surface area contributed by atoms with Crippen molar-refractivity contribution < 1.29 is 9.90 Å². The molecule has 0 saturated carbocycles. The highest BCUT2D eigenvalue weighted by molar-refractivity contribution is 5.66. The summed E-state index contributed by atoms with van der Waals surface area (Å²) in [6, 6.07) is 6.41. The molecule has 2 heterocycles. The van der Waals surface area contributed by atoms with Crippen LogP contribution in [-0.2, 0) is 19.6 Å². The first-order valence-electron chi connectivity index (χ1n) is 6.53. The van der Waals surface area contributed by atoms with Crippen LogP contribution in [0.1, 0.15) is 29.5 Å². The zero-order chi connectivity index (χ0) is 12.5. The topological polar surface area (TPSA) is 43.8 Å². The second-order valence-corrected chi connectivity index (χ2v) is 5.22. The minimum atomic E-state index is -0.827. The summed E-state index contributed by atoms with van der Waals surface area (Å²) in [6.45, 7) is 4.46. The van der Waals surface area contributed by atoms with Crippen molar-refractivity contribution in [3.8, 4) is 0 Å². The smallest absolute Gasteiger partial charge is 0.407 e. The molecule has 1 saturated heterocycles. The minimum Gasteiger partial charge on any atom is -0.465 e. The van der Waals surface area contributed by atoms with E-state index < -0.39 is 6.09 Å². The van der Waals surface area contributed by atoms with E-state index in [2.05, 4.69) is 23.1 Å². The number of nitrogens with zero attached hydrogens (tertiary/aromatic N) is 2. The second-order valence-electron chi connectivity index (χ2n) is 5.22. The lowest BCUT2D eigenvalue weighted by molar-refractivity contribution is 0.145. The van der Waals surface area contributed by atoms with E-state index in [4.69, 9.17) is 5.11 Å². The number of benzene rings is 1. The molecule has 2 aliphatic heterocycles. The quantitative estimate of drug-likeness (QED) is 0.870. The largest absolute Gasteiger partial charge is 0.465 e. The van der Waals surface area contributed by atoms with E-state index in [1.165, 1.54) is 42.0 Å². The van der Waals surface area contributed by atoms with Crippen molar-refractivity contribution in [2.45, 2.75) is 32.5 Å². The van der Waals surface area contributed by atoms with Crippen molar-refractivity contribution in [3.05, 3.63) is 34.9 Å². The molecule has 0 unspecified atom stereocenters. The average Bonchev–Trinajstić information content (AvgIpc) is 2.96. The summed E-state index contributed by atoms with van der Waals surface area (Å²) in [7, 11) is 0. The number of hydrogen-bond donors (Lipinski definition) is 1. The lowest BCUT2D eigenvalue weighted by Gasteiger charge is -2.15. The number of hydrogen-bond acceptors (Lipinski definition) is 2. The highest BCUT2D eigenvalue weighted by Gasteiger charge is 2.23. The molecule has 96 valence electrons.